The number of benzene rings is 1. The largest absolute Gasteiger partial charge is 0.377 e. The van der Waals surface area contributed by atoms with Crippen LogP contribution >= 0.6 is 11.6 Å². The lowest BCUT2D eigenvalue weighted by Crippen LogP contribution is -2.04. The van der Waals surface area contributed by atoms with Crippen LogP contribution in [-0.4, -0.2) is 24.1 Å². The standard InChI is InChI=1S/C13H14ClFN4O/c1-16-11-6-12(19-13(18-11)7-20-2)17-8-3-4-10(15)9(14)5-8/h3-6H,7H2,1-2H3,(H2,16,17,18,19). The predicted octanol–water partition coefficient (Wildman–Crippen LogP) is 3.20. The Morgan fingerprint density at radius 1 is 1.25 bits per heavy atom. The highest BCUT2D eigenvalue weighted by atomic mass is 35.5. The van der Waals surface area contributed by atoms with Gasteiger partial charge in [-0.25, -0.2) is 14.4 Å². The van der Waals surface area contributed by atoms with Gasteiger partial charge in [0.2, 0.25) is 0 Å². The van der Waals surface area contributed by atoms with Crippen LogP contribution in [0.1, 0.15) is 5.82 Å². The summed E-state index contributed by atoms with van der Waals surface area (Å²) in [6.45, 7) is 0.300. The maximum Gasteiger partial charge on any atom is 0.158 e. The van der Waals surface area contributed by atoms with Gasteiger partial charge in [-0.1, -0.05) is 11.6 Å². The van der Waals surface area contributed by atoms with Gasteiger partial charge in [-0.2, -0.15) is 0 Å². The topological polar surface area (TPSA) is 59.1 Å². The fourth-order valence-corrected chi connectivity index (χ4v) is 1.79. The number of methoxy groups -OCH3 is 1. The van der Waals surface area contributed by atoms with Crippen LogP contribution in [0.3, 0.4) is 0 Å². The van der Waals surface area contributed by atoms with Gasteiger partial charge in [0, 0.05) is 25.9 Å². The first-order chi connectivity index (χ1) is 9.62. The van der Waals surface area contributed by atoms with E-state index in [1.165, 1.54) is 12.1 Å². The Labute approximate surface area is 121 Å². The van der Waals surface area contributed by atoms with Gasteiger partial charge >= 0.3 is 0 Å². The quantitative estimate of drug-likeness (QED) is 0.887. The number of nitrogens with zero attached hydrogens (tertiary/aromatic N) is 2. The molecule has 0 aliphatic rings. The van der Waals surface area contributed by atoms with E-state index in [2.05, 4.69) is 20.6 Å². The lowest BCUT2D eigenvalue weighted by molar-refractivity contribution is 0.178. The minimum absolute atomic E-state index is 0.0509. The predicted molar refractivity (Wildman–Crippen MR) is 77.0 cm³/mol. The molecule has 0 atom stereocenters. The minimum Gasteiger partial charge on any atom is -0.377 e. The second-order valence-corrected chi connectivity index (χ2v) is 4.40. The summed E-state index contributed by atoms with van der Waals surface area (Å²) in [5.41, 5.74) is 0.639. The van der Waals surface area contributed by atoms with E-state index in [1.807, 2.05) is 0 Å². The third-order valence-corrected chi connectivity index (χ3v) is 2.78. The first-order valence-corrected chi connectivity index (χ1v) is 6.27. The first-order valence-electron chi connectivity index (χ1n) is 5.89. The van der Waals surface area contributed by atoms with E-state index in [0.29, 0.717) is 29.8 Å². The lowest BCUT2D eigenvalue weighted by atomic mass is 10.3. The van der Waals surface area contributed by atoms with Crippen LogP contribution in [0.15, 0.2) is 24.3 Å². The summed E-state index contributed by atoms with van der Waals surface area (Å²) in [6.07, 6.45) is 0. The molecule has 0 aliphatic heterocycles. The molecular weight excluding hydrogens is 283 g/mol. The molecule has 0 bridgehead atoms. The number of halogens is 2. The van der Waals surface area contributed by atoms with Gasteiger partial charge in [0.25, 0.3) is 0 Å². The van der Waals surface area contributed by atoms with Crippen molar-refractivity contribution in [1.29, 1.82) is 0 Å². The molecule has 106 valence electrons. The number of ether oxygens (including phenoxy) is 1. The summed E-state index contributed by atoms with van der Waals surface area (Å²) in [5, 5.41) is 6.04. The molecule has 0 aliphatic carbocycles. The van der Waals surface area contributed by atoms with Crippen molar-refractivity contribution >= 4 is 28.9 Å². The summed E-state index contributed by atoms with van der Waals surface area (Å²) in [5.74, 6) is 1.30. The monoisotopic (exact) mass is 296 g/mol. The molecule has 0 saturated carbocycles. The Kier molecular flexibility index (Phi) is 4.70. The first kappa shape index (κ1) is 14.5. The smallest absolute Gasteiger partial charge is 0.158 e. The Morgan fingerprint density at radius 3 is 2.65 bits per heavy atom. The highest BCUT2D eigenvalue weighted by Crippen LogP contribution is 2.23. The van der Waals surface area contributed by atoms with Crippen LogP contribution in [0.25, 0.3) is 0 Å². The molecule has 2 rings (SSSR count). The molecule has 1 heterocycles. The number of anilines is 3. The SMILES string of the molecule is CNc1cc(Nc2ccc(F)c(Cl)c2)nc(COC)n1. The number of hydrogen-bond acceptors (Lipinski definition) is 5. The van der Waals surface area contributed by atoms with E-state index in [1.54, 1.807) is 26.3 Å². The molecule has 20 heavy (non-hydrogen) atoms. The average Bonchev–Trinajstić information content (AvgIpc) is 2.43. The molecule has 0 unspecified atom stereocenters. The van der Waals surface area contributed by atoms with Crippen molar-refractivity contribution in [1.82, 2.24) is 9.97 Å². The molecule has 0 fully saturated rings. The van der Waals surface area contributed by atoms with Crippen molar-refractivity contribution in [2.24, 2.45) is 0 Å². The maximum atomic E-state index is 13.1. The summed E-state index contributed by atoms with van der Waals surface area (Å²) in [6, 6.07) is 6.10. The van der Waals surface area contributed by atoms with Crippen molar-refractivity contribution < 1.29 is 9.13 Å². The molecule has 7 heteroatoms. The van der Waals surface area contributed by atoms with Crippen LogP contribution in [0.4, 0.5) is 21.7 Å². The van der Waals surface area contributed by atoms with Crippen molar-refractivity contribution in [2.75, 3.05) is 24.8 Å². The van der Waals surface area contributed by atoms with Gasteiger partial charge in [0.1, 0.15) is 24.1 Å². The number of hydrogen-bond donors (Lipinski definition) is 2. The highest BCUT2D eigenvalue weighted by Gasteiger charge is 2.06. The maximum absolute atomic E-state index is 13.1. The molecule has 1 aromatic heterocycles. The molecule has 5 nitrogen and oxygen atoms in total. The van der Waals surface area contributed by atoms with Crippen LogP contribution in [-0.2, 0) is 11.3 Å². The third-order valence-electron chi connectivity index (χ3n) is 2.49. The van der Waals surface area contributed by atoms with E-state index in [9.17, 15) is 4.39 Å². The van der Waals surface area contributed by atoms with E-state index in [4.69, 9.17) is 16.3 Å². The zero-order valence-corrected chi connectivity index (χ0v) is 11.8. The van der Waals surface area contributed by atoms with E-state index >= 15 is 0 Å². The fraction of sp³-hybridized carbons (Fsp3) is 0.231. The molecule has 2 aromatic rings. The Balaban J connectivity index is 2.27. The Morgan fingerprint density at radius 2 is 2.00 bits per heavy atom. The van der Waals surface area contributed by atoms with Gasteiger partial charge in [-0.3, -0.25) is 0 Å². The van der Waals surface area contributed by atoms with E-state index < -0.39 is 5.82 Å². The molecule has 0 radical (unpaired) electrons. The van der Waals surface area contributed by atoms with E-state index in [0.717, 1.165) is 0 Å². The normalized spacial score (nSPS) is 10.4. The number of nitrogens with one attached hydrogen (secondary N) is 2. The zero-order valence-electron chi connectivity index (χ0n) is 11.1. The van der Waals surface area contributed by atoms with Crippen molar-refractivity contribution in [3.05, 3.63) is 40.9 Å². The number of rotatable bonds is 5. The zero-order chi connectivity index (χ0) is 14.5. The molecular formula is C13H14ClFN4O. The average molecular weight is 297 g/mol. The Bertz CT molecular complexity index is 609. The molecule has 0 saturated heterocycles. The second-order valence-electron chi connectivity index (χ2n) is 3.99. The molecule has 0 amide bonds. The minimum atomic E-state index is -0.462. The van der Waals surface area contributed by atoms with Crippen LogP contribution in [0, 0.1) is 5.82 Å². The number of aromatic nitrogens is 2. The van der Waals surface area contributed by atoms with Crippen LogP contribution in [0.5, 0.6) is 0 Å². The summed E-state index contributed by atoms with van der Waals surface area (Å²) >= 11 is 5.74. The Hall–Kier alpha value is -1.92. The van der Waals surface area contributed by atoms with Crippen molar-refractivity contribution in [3.63, 3.8) is 0 Å². The highest BCUT2D eigenvalue weighted by molar-refractivity contribution is 6.31. The van der Waals surface area contributed by atoms with Crippen molar-refractivity contribution in [3.8, 4) is 0 Å². The van der Waals surface area contributed by atoms with Gasteiger partial charge in [0.15, 0.2) is 5.82 Å². The second kappa shape index (κ2) is 6.49. The fourth-order valence-electron chi connectivity index (χ4n) is 1.60. The third kappa shape index (κ3) is 3.55. The van der Waals surface area contributed by atoms with Crippen LogP contribution < -0.4 is 10.6 Å². The molecule has 1 aromatic carbocycles. The summed E-state index contributed by atoms with van der Waals surface area (Å²) in [7, 11) is 3.33. The lowest BCUT2D eigenvalue weighted by Gasteiger charge is -2.10. The molecule has 2 N–H and O–H groups in total. The summed E-state index contributed by atoms with van der Waals surface area (Å²) in [4.78, 5) is 8.54. The van der Waals surface area contributed by atoms with Gasteiger partial charge in [-0.15, -0.1) is 0 Å². The van der Waals surface area contributed by atoms with Crippen LogP contribution in [0.2, 0.25) is 5.02 Å². The van der Waals surface area contributed by atoms with Gasteiger partial charge < -0.3 is 15.4 Å². The van der Waals surface area contributed by atoms with Crippen molar-refractivity contribution in [2.45, 2.75) is 6.61 Å². The van der Waals surface area contributed by atoms with E-state index in [-0.39, 0.29) is 5.02 Å². The van der Waals surface area contributed by atoms with Gasteiger partial charge in [-0.05, 0) is 18.2 Å². The molecule has 0 spiro atoms. The van der Waals surface area contributed by atoms with Gasteiger partial charge in [0.05, 0.1) is 5.02 Å². The summed E-state index contributed by atoms with van der Waals surface area (Å²) < 4.78 is 18.1.